The van der Waals surface area contributed by atoms with Gasteiger partial charge in [-0.05, 0) is 61.9 Å². The van der Waals surface area contributed by atoms with Crippen LogP contribution >= 0.6 is 0 Å². The molecule has 0 radical (unpaired) electrons. The van der Waals surface area contributed by atoms with Gasteiger partial charge in [-0.25, -0.2) is 0 Å². The summed E-state index contributed by atoms with van der Waals surface area (Å²) in [5, 5.41) is 11.9. The number of rotatable bonds is 3. The first kappa shape index (κ1) is 21.0. The molecule has 4 saturated carbocycles. The number of carbonyl (C=O) groups is 2. The molecule has 0 aromatic heterocycles. The van der Waals surface area contributed by atoms with Crippen LogP contribution in [0.25, 0.3) is 0 Å². The van der Waals surface area contributed by atoms with Crippen LogP contribution in [0.4, 0.5) is 0 Å². The second kappa shape index (κ2) is 6.91. The van der Waals surface area contributed by atoms with E-state index in [-0.39, 0.29) is 35.4 Å². The summed E-state index contributed by atoms with van der Waals surface area (Å²) in [6.07, 6.45) is 6.11. The second-order valence-corrected chi connectivity index (χ2v) is 10.8. The third-order valence-electron chi connectivity index (χ3n) is 9.52. The maximum absolute atomic E-state index is 12.6. The van der Waals surface area contributed by atoms with Crippen LogP contribution in [0.5, 0.6) is 0 Å². The molecular weight excluding hydrogens is 366 g/mol. The Morgan fingerprint density at radius 1 is 1.28 bits per heavy atom. The number of Topliss-reactive ketones (excluding diaryl/α,β-unsaturated/α-hetero) is 1. The van der Waals surface area contributed by atoms with Crippen LogP contribution in [-0.4, -0.2) is 35.1 Å². The lowest BCUT2D eigenvalue weighted by Gasteiger charge is -2.64. The zero-order valence-electron chi connectivity index (χ0n) is 18.2. The Labute approximate surface area is 174 Å². The normalized spacial score (nSPS) is 47.8. The molecule has 0 heterocycles. The van der Waals surface area contributed by atoms with E-state index in [1.54, 1.807) is 6.92 Å². The fourth-order valence-electron chi connectivity index (χ4n) is 7.44. The molecule has 0 aromatic carbocycles. The molecule has 5 nitrogen and oxygen atoms in total. The van der Waals surface area contributed by atoms with E-state index in [9.17, 15) is 14.7 Å². The molecule has 0 bridgehead atoms. The molecule has 0 spiro atoms. The predicted molar refractivity (Wildman–Crippen MR) is 111 cm³/mol. The standard InChI is InChI=1S/C24H37NO4/c1-14(13-25)21(27)29-16-7-10-23(4)19-8-9-22(3)18(5-6-20(22)26)17(19)11-15(2)24(23,28)12-16/h14,16-19,28H,2,5-13,25H2,1,3-4H3/t14?,16-,17-,18-,19-,22-,23+,24-/m0/s1. The van der Waals surface area contributed by atoms with Crippen molar-refractivity contribution >= 4 is 11.8 Å². The first-order valence-corrected chi connectivity index (χ1v) is 11.4. The number of carbonyl (C=O) groups excluding carboxylic acids is 2. The van der Waals surface area contributed by atoms with Crippen molar-refractivity contribution in [3.63, 3.8) is 0 Å². The van der Waals surface area contributed by atoms with Gasteiger partial charge in [0.15, 0.2) is 0 Å². The first-order chi connectivity index (χ1) is 13.6. The minimum absolute atomic E-state index is 0.182. The average molecular weight is 404 g/mol. The molecule has 0 aliphatic heterocycles. The number of hydrogen-bond acceptors (Lipinski definition) is 5. The van der Waals surface area contributed by atoms with Gasteiger partial charge in [-0.3, -0.25) is 9.59 Å². The van der Waals surface area contributed by atoms with Crippen molar-refractivity contribution in [2.45, 2.75) is 83.8 Å². The monoisotopic (exact) mass is 403 g/mol. The minimum atomic E-state index is -1.01. The zero-order chi connectivity index (χ0) is 21.2. The molecule has 0 saturated heterocycles. The molecule has 5 heteroatoms. The van der Waals surface area contributed by atoms with Crippen molar-refractivity contribution in [3.8, 4) is 0 Å². The van der Waals surface area contributed by atoms with Gasteiger partial charge in [0.2, 0.25) is 0 Å². The Kier molecular flexibility index (Phi) is 5.02. The fraction of sp³-hybridized carbons (Fsp3) is 0.833. The Hall–Kier alpha value is -1.20. The minimum Gasteiger partial charge on any atom is -0.462 e. The molecule has 162 valence electrons. The van der Waals surface area contributed by atoms with Crippen molar-refractivity contribution in [2.75, 3.05) is 6.54 Å². The van der Waals surface area contributed by atoms with E-state index in [0.29, 0.717) is 36.4 Å². The average Bonchev–Trinajstić information content (AvgIpc) is 2.98. The van der Waals surface area contributed by atoms with Crippen molar-refractivity contribution < 1.29 is 19.4 Å². The SMILES string of the molecule is C=C1C[C@H]2[C@@H]3CCC(=O)[C@@]3(C)CC[C@@H]2[C@@]2(C)CC[C@H](OC(=O)C(C)CN)C[C@]12O. The second-order valence-electron chi connectivity index (χ2n) is 10.8. The maximum atomic E-state index is 12.6. The van der Waals surface area contributed by atoms with Gasteiger partial charge in [-0.15, -0.1) is 0 Å². The molecule has 4 aliphatic carbocycles. The molecule has 4 fully saturated rings. The van der Waals surface area contributed by atoms with Crippen LogP contribution in [0.3, 0.4) is 0 Å². The molecule has 29 heavy (non-hydrogen) atoms. The number of ketones is 1. The fourth-order valence-corrected chi connectivity index (χ4v) is 7.44. The van der Waals surface area contributed by atoms with E-state index in [2.05, 4.69) is 20.4 Å². The Balaban J connectivity index is 1.58. The Morgan fingerprint density at radius 3 is 2.69 bits per heavy atom. The zero-order valence-corrected chi connectivity index (χ0v) is 18.2. The number of hydrogen-bond donors (Lipinski definition) is 2. The van der Waals surface area contributed by atoms with Gasteiger partial charge >= 0.3 is 5.97 Å². The van der Waals surface area contributed by atoms with Crippen LogP contribution in [0.2, 0.25) is 0 Å². The summed E-state index contributed by atoms with van der Waals surface area (Å²) in [6, 6.07) is 0. The molecule has 0 aromatic rings. The number of aliphatic hydroxyl groups is 1. The molecule has 4 aliphatic rings. The molecule has 0 amide bonds. The summed E-state index contributed by atoms with van der Waals surface area (Å²) in [5.41, 5.74) is 5.00. The van der Waals surface area contributed by atoms with Crippen LogP contribution in [-0.2, 0) is 14.3 Å². The van der Waals surface area contributed by atoms with Crippen LogP contribution in [0.15, 0.2) is 12.2 Å². The van der Waals surface area contributed by atoms with E-state index >= 15 is 0 Å². The Morgan fingerprint density at radius 2 is 2.00 bits per heavy atom. The lowest BCUT2D eigenvalue weighted by molar-refractivity contribution is -0.198. The highest BCUT2D eigenvalue weighted by Gasteiger charge is 2.66. The van der Waals surface area contributed by atoms with Crippen molar-refractivity contribution in [1.82, 2.24) is 0 Å². The van der Waals surface area contributed by atoms with E-state index in [1.807, 2.05) is 0 Å². The largest absolute Gasteiger partial charge is 0.462 e. The van der Waals surface area contributed by atoms with Gasteiger partial charge in [0.25, 0.3) is 0 Å². The van der Waals surface area contributed by atoms with Crippen LogP contribution in [0.1, 0.15) is 72.1 Å². The predicted octanol–water partition coefficient (Wildman–Crippen LogP) is 3.39. The van der Waals surface area contributed by atoms with E-state index in [4.69, 9.17) is 10.5 Å². The highest BCUT2D eigenvalue weighted by Crippen LogP contribution is 2.67. The number of esters is 1. The summed E-state index contributed by atoms with van der Waals surface area (Å²) in [5.74, 6) is 1.06. The lowest BCUT2D eigenvalue weighted by atomic mass is 9.42. The summed E-state index contributed by atoms with van der Waals surface area (Å²) in [7, 11) is 0. The summed E-state index contributed by atoms with van der Waals surface area (Å²) in [4.78, 5) is 24.9. The molecule has 1 unspecified atom stereocenters. The van der Waals surface area contributed by atoms with E-state index in [0.717, 1.165) is 44.1 Å². The van der Waals surface area contributed by atoms with Gasteiger partial charge in [-0.1, -0.05) is 27.4 Å². The Bertz CT molecular complexity index is 734. The molecule has 3 N–H and O–H groups in total. The number of nitrogens with two attached hydrogens (primary N) is 1. The van der Waals surface area contributed by atoms with Crippen molar-refractivity contribution in [3.05, 3.63) is 12.2 Å². The summed E-state index contributed by atoms with van der Waals surface area (Å²) < 4.78 is 5.72. The van der Waals surface area contributed by atoms with Gasteiger partial charge < -0.3 is 15.6 Å². The number of fused-ring (bicyclic) bond motifs is 5. The van der Waals surface area contributed by atoms with E-state index in [1.165, 1.54) is 0 Å². The van der Waals surface area contributed by atoms with Crippen molar-refractivity contribution in [2.24, 2.45) is 40.2 Å². The molecule has 8 atom stereocenters. The summed E-state index contributed by atoms with van der Waals surface area (Å²) >= 11 is 0. The maximum Gasteiger partial charge on any atom is 0.310 e. The van der Waals surface area contributed by atoms with Gasteiger partial charge in [-0.2, -0.15) is 0 Å². The van der Waals surface area contributed by atoms with Gasteiger partial charge in [0.1, 0.15) is 11.9 Å². The molecule has 4 rings (SSSR count). The van der Waals surface area contributed by atoms with Crippen molar-refractivity contribution in [1.29, 1.82) is 0 Å². The number of ether oxygens (including phenoxy) is 1. The van der Waals surface area contributed by atoms with Crippen LogP contribution < -0.4 is 5.73 Å². The van der Waals surface area contributed by atoms with Gasteiger partial charge in [0.05, 0.1) is 11.5 Å². The highest BCUT2D eigenvalue weighted by molar-refractivity contribution is 5.87. The topological polar surface area (TPSA) is 89.6 Å². The quantitative estimate of drug-likeness (QED) is 0.557. The highest BCUT2D eigenvalue weighted by atomic mass is 16.5. The smallest absolute Gasteiger partial charge is 0.310 e. The third kappa shape index (κ3) is 2.87. The van der Waals surface area contributed by atoms with Crippen LogP contribution in [0, 0.1) is 34.5 Å². The van der Waals surface area contributed by atoms with Gasteiger partial charge in [0, 0.05) is 30.2 Å². The molecular formula is C24H37NO4. The lowest BCUT2D eigenvalue weighted by Crippen LogP contribution is -2.64. The first-order valence-electron chi connectivity index (χ1n) is 11.4. The summed E-state index contributed by atoms with van der Waals surface area (Å²) in [6.45, 7) is 10.8. The third-order valence-corrected chi connectivity index (χ3v) is 9.52. The van der Waals surface area contributed by atoms with E-state index < -0.39 is 5.60 Å².